The molecule has 3 rings (SSSR count). The molecule has 0 saturated carbocycles. The molecule has 8 nitrogen and oxygen atoms in total. The van der Waals surface area contributed by atoms with E-state index in [1.165, 1.54) is 0 Å². The van der Waals surface area contributed by atoms with Crippen LogP contribution in [0.25, 0.3) is 0 Å². The number of aryl methyl sites for hydroxylation is 1. The number of amides is 2. The van der Waals surface area contributed by atoms with Crippen molar-refractivity contribution in [3.05, 3.63) is 41.7 Å². The zero-order valence-corrected chi connectivity index (χ0v) is 16.5. The molecule has 1 aromatic heterocycles. The number of hydrogen-bond acceptors (Lipinski definition) is 7. The number of nitrogens with zero attached hydrogens (tertiary/aromatic N) is 2. The molecule has 2 amide bonds. The Morgan fingerprint density at radius 3 is 2.86 bits per heavy atom. The first-order valence-corrected chi connectivity index (χ1v) is 9.96. The maximum atomic E-state index is 12.5. The molecule has 1 aliphatic heterocycles. The summed E-state index contributed by atoms with van der Waals surface area (Å²) in [7, 11) is 0. The lowest BCUT2D eigenvalue weighted by Crippen LogP contribution is -2.38. The lowest BCUT2D eigenvalue weighted by atomic mass is 10.1. The summed E-state index contributed by atoms with van der Waals surface area (Å²) in [6.45, 7) is 3.36. The number of aromatic nitrogens is 1. The number of ether oxygens (including phenoxy) is 1. The number of nitrogens with one attached hydrogen (secondary N) is 1. The van der Waals surface area contributed by atoms with Crippen LogP contribution < -0.4 is 10.2 Å². The fraction of sp³-hybridized carbons (Fsp3) is 0.368. The molecule has 1 atom stereocenters. The summed E-state index contributed by atoms with van der Waals surface area (Å²) in [4.78, 5) is 37.8. The minimum Gasteiger partial charge on any atom is -0.455 e. The van der Waals surface area contributed by atoms with Crippen molar-refractivity contribution in [3.63, 3.8) is 0 Å². The van der Waals surface area contributed by atoms with Crippen molar-refractivity contribution in [1.82, 2.24) is 5.16 Å². The first-order valence-electron chi connectivity index (χ1n) is 8.80. The van der Waals surface area contributed by atoms with E-state index in [1.54, 1.807) is 17.9 Å². The van der Waals surface area contributed by atoms with Crippen LogP contribution in [0.15, 0.2) is 34.9 Å². The summed E-state index contributed by atoms with van der Waals surface area (Å²) in [5.74, 6) is -0.137. The van der Waals surface area contributed by atoms with E-state index in [9.17, 15) is 14.4 Å². The van der Waals surface area contributed by atoms with Crippen molar-refractivity contribution in [1.29, 1.82) is 0 Å². The van der Waals surface area contributed by atoms with Crippen LogP contribution >= 0.6 is 11.8 Å². The topological polar surface area (TPSA) is 102 Å². The summed E-state index contributed by atoms with van der Waals surface area (Å²) in [6.07, 6.45) is 0.784. The normalized spacial score (nSPS) is 15.2. The molecule has 0 radical (unpaired) electrons. The molecule has 1 aliphatic rings. The number of fused-ring (bicyclic) bond motifs is 1. The maximum absolute atomic E-state index is 12.5. The van der Waals surface area contributed by atoms with Crippen molar-refractivity contribution >= 4 is 41.1 Å². The van der Waals surface area contributed by atoms with Crippen LogP contribution in [0.3, 0.4) is 0 Å². The van der Waals surface area contributed by atoms with Gasteiger partial charge in [0.2, 0.25) is 5.91 Å². The molecule has 0 aliphatic carbocycles. The molecule has 2 heterocycles. The zero-order chi connectivity index (χ0) is 20.1. The van der Waals surface area contributed by atoms with Gasteiger partial charge >= 0.3 is 5.97 Å². The summed E-state index contributed by atoms with van der Waals surface area (Å²) in [5.41, 5.74) is 1.98. The molecule has 28 heavy (non-hydrogen) atoms. The molecule has 1 N–H and O–H groups in total. The average Bonchev–Trinajstić information content (AvgIpc) is 3.21. The molecule has 0 saturated heterocycles. The predicted octanol–water partition coefficient (Wildman–Crippen LogP) is 2.18. The number of anilines is 2. The predicted molar refractivity (Wildman–Crippen MR) is 105 cm³/mol. The van der Waals surface area contributed by atoms with Gasteiger partial charge in [0.15, 0.2) is 12.4 Å². The Morgan fingerprint density at radius 2 is 2.11 bits per heavy atom. The lowest BCUT2D eigenvalue weighted by Gasteiger charge is -2.22. The van der Waals surface area contributed by atoms with E-state index in [0.717, 1.165) is 29.4 Å². The Morgan fingerprint density at radius 1 is 1.32 bits per heavy atom. The molecule has 148 valence electrons. The lowest BCUT2D eigenvalue weighted by molar-refractivity contribution is -0.145. The third-order valence-electron chi connectivity index (χ3n) is 4.18. The number of benzene rings is 1. The van der Waals surface area contributed by atoms with Gasteiger partial charge in [0.1, 0.15) is 5.76 Å². The van der Waals surface area contributed by atoms with E-state index in [0.29, 0.717) is 11.6 Å². The monoisotopic (exact) mass is 403 g/mol. The van der Waals surface area contributed by atoms with Gasteiger partial charge in [-0.1, -0.05) is 23.4 Å². The van der Waals surface area contributed by atoms with E-state index in [-0.39, 0.29) is 36.0 Å². The largest absolute Gasteiger partial charge is 0.455 e. The van der Waals surface area contributed by atoms with Gasteiger partial charge in [0.25, 0.3) is 5.91 Å². The van der Waals surface area contributed by atoms with Crippen molar-refractivity contribution in [2.75, 3.05) is 28.3 Å². The third kappa shape index (κ3) is 4.92. The van der Waals surface area contributed by atoms with Gasteiger partial charge in [-0.3, -0.25) is 14.4 Å². The Hall–Kier alpha value is -2.81. The first-order chi connectivity index (χ1) is 13.4. The number of carbonyl (C=O) groups is 3. The van der Waals surface area contributed by atoms with Crippen LogP contribution in [-0.4, -0.2) is 47.1 Å². The fourth-order valence-electron chi connectivity index (χ4n) is 3.03. The van der Waals surface area contributed by atoms with Gasteiger partial charge in [-0.05, 0) is 31.9 Å². The highest BCUT2D eigenvalue weighted by molar-refractivity contribution is 8.00. The SMILES string of the molecule is Cc1cc(NC(=O)CSCC(=O)OCC(=O)N2c3ccccc3C[C@H]2C)no1. The zero-order valence-electron chi connectivity index (χ0n) is 15.6. The Kier molecular flexibility index (Phi) is 6.35. The van der Waals surface area contributed by atoms with Crippen molar-refractivity contribution in [2.24, 2.45) is 0 Å². The molecule has 0 bridgehead atoms. The van der Waals surface area contributed by atoms with Crippen molar-refractivity contribution in [3.8, 4) is 0 Å². The van der Waals surface area contributed by atoms with Crippen LogP contribution in [-0.2, 0) is 25.5 Å². The smallest absolute Gasteiger partial charge is 0.316 e. The fourth-order valence-corrected chi connectivity index (χ4v) is 3.64. The molecular formula is C19H21N3O5S. The summed E-state index contributed by atoms with van der Waals surface area (Å²) in [6, 6.07) is 9.33. The summed E-state index contributed by atoms with van der Waals surface area (Å²) < 4.78 is 9.93. The van der Waals surface area contributed by atoms with E-state index in [2.05, 4.69) is 10.5 Å². The maximum Gasteiger partial charge on any atom is 0.316 e. The summed E-state index contributed by atoms with van der Waals surface area (Å²) >= 11 is 1.10. The standard InChI is InChI=1S/C19H21N3O5S/c1-12-7-14-5-3-4-6-15(14)22(12)18(24)9-26-19(25)11-28-10-17(23)20-16-8-13(2)27-21-16/h3-6,8,12H,7,9-11H2,1-2H3,(H,20,21,23)/t12-/m1/s1. The molecule has 0 spiro atoms. The van der Waals surface area contributed by atoms with E-state index in [4.69, 9.17) is 9.26 Å². The van der Waals surface area contributed by atoms with Crippen LogP contribution in [0.1, 0.15) is 18.2 Å². The highest BCUT2D eigenvalue weighted by Crippen LogP contribution is 2.31. The average molecular weight is 403 g/mol. The number of para-hydroxylation sites is 1. The van der Waals surface area contributed by atoms with Gasteiger partial charge in [0.05, 0.1) is 11.5 Å². The minimum absolute atomic E-state index is 0.0231. The number of rotatable bonds is 7. The van der Waals surface area contributed by atoms with Crippen molar-refractivity contribution < 1.29 is 23.6 Å². The minimum atomic E-state index is -0.538. The van der Waals surface area contributed by atoms with E-state index in [1.807, 2.05) is 31.2 Å². The quantitative estimate of drug-likeness (QED) is 0.707. The Bertz CT molecular complexity index is 882. The molecular weight excluding hydrogens is 382 g/mol. The second-order valence-corrected chi connectivity index (χ2v) is 7.46. The highest BCUT2D eigenvalue weighted by atomic mass is 32.2. The van der Waals surface area contributed by atoms with Gasteiger partial charge in [0, 0.05) is 17.8 Å². The third-order valence-corrected chi connectivity index (χ3v) is 5.09. The number of thioether (sulfide) groups is 1. The number of hydrogen-bond donors (Lipinski definition) is 1. The van der Waals surface area contributed by atoms with Crippen molar-refractivity contribution in [2.45, 2.75) is 26.3 Å². The molecule has 0 unspecified atom stereocenters. The van der Waals surface area contributed by atoms with Crippen LogP contribution in [0.5, 0.6) is 0 Å². The highest BCUT2D eigenvalue weighted by Gasteiger charge is 2.30. The first kappa shape index (κ1) is 19.9. The van der Waals surface area contributed by atoms with Crippen LogP contribution in [0.4, 0.5) is 11.5 Å². The Labute approximate surface area is 166 Å². The second-order valence-electron chi connectivity index (χ2n) is 6.47. The number of carbonyl (C=O) groups excluding carboxylic acids is 3. The van der Waals surface area contributed by atoms with Crippen LogP contribution in [0, 0.1) is 6.92 Å². The molecule has 0 fully saturated rings. The summed E-state index contributed by atoms with van der Waals surface area (Å²) in [5, 5.41) is 6.22. The number of esters is 1. The van der Waals surface area contributed by atoms with Crippen LogP contribution in [0.2, 0.25) is 0 Å². The van der Waals surface area contributed by atoms with E-state index >= 15 is 0 Å². The second kappa shape index (κ2) is 8.92. The van der Waals surface area contributed by atoms with Gasteiger partial charge in [-0.25, -0.2) is 0 Å². The molecule has 9 heteroatoms. The van der Waals surface area contributed by atoms with Gasteiger partial charge in [-0.15, -0.1) is 11.8 Å². The van der Waals surface area contributed by atoms with Gasteiger partial charge < -0.3 is 19.5 Å². The Balaban J connectivity index is 1.38. The molecule has 2 aromatic rings. The van der Waals surface area contributed by atoms with E-state index < -0.39 is 5.97 Å². The molecule has 1 aromatic carbocycles. The van der Waals surface area contributed by atoms with Gasteiger partial charge in [-0.2, -0.15) is 0 Å².